The lowest BCUT2D eigenvalue weighted by Crippen LogP contribution is -2.40. The first-order valence-corrected chi connectivity index (χ1v) is 6.60. The quantitative estimate of drug-likeness (QED) is 0.893. The van der Waals surface area contributed by atoms with Crippen LogP contribution in [0.15, 0.2) is 24.3 Å². The minimum absolute atomic E-state index is 0.142. The van der Waals surface area contributed by atoms with Gasteiger partial charge in [0.25, 0.3) is 0 Å². The maximum atomic E-state index is 11.0. The fourth-order valence-electron chi connectivity index (χ4n) is 2.93. The Kier molecular flexibility index (Phi) is 4.02. The Bertz CT molecular complexity index is 413. The number of carbonyl (C=O) groups is 1. The van der Waals surface area contributed by atoms with Crippen molar-refractivity contribution in [2.45, 2.75) is 32.7 Å². The van der Waals surface area contributed by atoms with Gasteiger partial charge in [-0.05, 0) is 37.8 Å². The van der Waals surface area contributed by atoms with Gasteiger partial charge in [0.1, 0.15) is 0 Å². The molecule has 2 rings (SSSR count). The second-order valence-corrected chi connectivity index (χ2v) is 5.34. The summed E-state index contributed by atoms with van der Waals surface area (Å²) in [5.41, 5.74) is 2.49. The van der Waals surface area contributed by atoms with Gasteiger partial charge in [0.15, 0.2) is 0 Å². The number of hydrogen-bond donors (Lipinski definition) is 1. The van der Waals surface area contributed by atoms with E-state index in [2.05, 4.69) is 43.0 Å². The van der Waals surface area contributed by atoms with Crippen molar-refractivity contribution in [3.8, 4) is 0 Å². The molecule has 0 amide bonds. The maximum Gasteiger partial charge on any atom is 0.317 e. The molecule has 1 aliphatic heterocycles. The third-order valence-electron chi connectivity index (χ3n) is 3.79. The van der Waals surface area contributed by atoms with Crippen LogP contribution in [-0.4, -0.2) is 29.1 Å². The summed E-state index contributed by atoms with van der Waals surface area (Å²) in [6.07, 6.45) is 2.27. The summed E-state index contributed by atoms with van der Waals surface area (Å²) in [7, 11) is 0. The van der Waals surface area contributed by atoms with E-state index in [0.717, 1.165) is 13.0 Å². The molecule has 18 heavy (non-hydrogen) atoms. The molecule has 0 unspecified atom stereocenters. The van der Waals surface area contributed by atoms with Crippen molar-refractivity contribution in [3.05, 3.63) is 35.4 Å². The number of aliphatic carboxylic acids is 1. The van der Waals surface area contributed by atoms with Crippen LogP contribution in [0, 0.1) is 12.8 Å². The van der Waals surface area contributed by atoms with Gasteiger partial charge in [-0.15, -0.1) is 0 Å². The van der Waals surface area contributed by atoms with E-state index < -0.39 is 5.97 Å². The lowest BCUT2D eigenvalue weighted by Gasteiger charge is -2.39. The largest absolute Gasteiger partial charge is 0.480 e. The highest BCUT2D eigenvalue weighted by atomic mass is 16.4. The highest BCUT2D eigenvalue weighted by molar-refractivity contribution is 5.69. The molecule has 1 saturated heterocycles. The van der Waals surface area contributed by atoms with Gasteiger partial charge in [-0.2, -0.15) is 0 Å². The third-order valence-corrected chi connectivity index (χ3v) is 3.79. The first-order valence-electron chi connectivity index (χ1n) is 6.60. The van der Waals surface area contributed by atoms with Crippen LogP contribution in [0.5, 0.6) is 0 Å². The summed E-state index contributed by atoms with van der Waals surface area (Å²) in [6.45, 7) is 5.32. The molecule has 98 valence electrons. The Morgan fingerprint density at radius 3 is 2.67 bits per heavy atom. The first kappa shape index (κ1) is 13.1. The second kappa shape index (κ2) is 5.53. The van der Waals surface area contributed by atoms with Crippen LogP contribution in [0.4, 0.5) is 0 Å². The molecule has 0 aliphatic carbocycles. The molecular weight excluding hydrogens is 226 g/mol. The standard InChI is InChI=1S/C15H21NO2/c1-11-5-7-13(8-6-11)15-12(2)4-3-9-16(15)10-14(17)18/h5-8,12,15H,3-4,9-10H2,1-2H3,(H,17,18)/t12-,15+/m0/s1. The SMILES string of the molecule is Cc1ccc([C@H]2[C@@H](C)CCCN2CC(=O)O)cc1. The zero-order valence-corrected chi connectivity index (χ0v) is 11.1. The number of carboxylic acids is 1. The molecule has 1 N–H and O–H groups in total. The van der Waals surface area contributed by atoms with Crippen molar-refractivity contribution in [2.24, 2.45) is 5.92 Å². The Hall–Kier alpha value is -1.35. The van der Waals surface area contributed by atoms with Gasteiger partial charge in [-0.25, -0.2) is 0 Å². The van der Waals surface area contributed by atoms with Crippen molar-refractivity contribution in [3.63, 3.8) is 0 Å². The van der Waals surface area contributed by atoms with Gasteiger partial charge in [-0.3, -0.25) is 9.69 Å². The topological polar surface area (TPSA) is 40.5 Å². The van der Waals surface area contributed by atoms with E-state index >= 15 is 0 Å². The summed E-state index contributed by atoms with van der Waals surface area (Å²) < 4.78 is 0. The molecule has 0 bridgehead atoms. The smallest absolute Gasteiger partial charge is 0.317 e. The summed E-state index contributed by atoms with van der Waals surface area (Å²) in [6, 6.07) is 8.73. The average molecular weight is 247 g/mol. The molecule has 3 heteroatoms. The predicted molar refractivity (Wildman–Crippen MR) is 71.5 cm³/mol. The Labute approximate surface area is 108 Å². The molecule has 0 aromatic heterocycles. The number of aryl methyl sites for hydroxylation is 1. The van der Waals surface area contributed by atoms with Crippen molar-refractivity contribution in [1.82, 2.24) is 4.90 Å². The Balaban J connectivity index is 2.23. The zero-order valence-electron chi connectivity index (χ0n) is 11.1. The van der Waals surface area contributed by atoms with Gasteiger partial charge in [0.2, 0.25) is 0 Å². The van der Waals surface area contributed by atoms with Gasteiger partial charge in [-0.1, -0.05) is 36.8 Å². The second-order valence-electron chi connectivity index (χ2n) is 5.34. The summed E-state index contributed by atoms with van der Waals surface area (Å²) in [4.78, 5) is 13.1. The van der Waals surface area contributed by atoms with E-state index in [1.807, 2.05) is 0 Å². The van der Waals surface area contributed by atoms with Crippen LogP contribution in [0.1, 0.15) is 36.9 Å². The van der Waals surface area contributed by atoms with Gasteiger partial charge in [0.05, 0.1) is 6.54 Å². The van der Waals surface area contributed by atoms with Crippen LogP contribution >= 0.6 is 0 Å². The normalized spacial score (nSPS) is 25.0. The molecule has 1 aromatic rings. The molecular formula is C15H21NO2. The molecule has 1 fully saturated rings. The van der Waals surface area contributed by atoms with Crippen molar-refractivity contribution < 1.29 is 9.90 Å². The van der Waals surface area contributed by atoms with Crippen LogP contribution in [0.3, 0.4) is 0 Å². The Morgan fingerprint density at radius 2 is 2.06 bits per heavy atom. The first-order chi connectivity index (χ1) is 8.58. The van der Waals surface area contributed by atoms with Gasteiger partial charge in [0, 0.05) is 6.04 Å². The number of piperidine rings is 1. The highest BCUT2D eigenvalue weighted by Gasteiger charge is 2.30. The fourth-order valence-corrected chi connectivity index (χ4v) is 2.93. The molecule has 2 atom stereocenters. The van der Waals surface area contributed by atoms with Crippen molar-refractivity contribution in [2.75, 3.05) is 13.1 Å². The summed E-state index contributed by atoms with van der Waals surface area (Å²) >= 11 is 0. The van der Waals surface area contributed by atoms with Gasteiger partial charge < -0.3 is 5.11 Å². The molecule has 3 nitrogen and oxygen atoms in total. The van der Waals surface area contributed by atoms with Crippen LogP contribution in [-0.2, 0) is 4.79 Å². The summed E-state index contributed by atoms with van der Waals surface area (Å²) in [5, 5.41) is 9.02. The monoisotopic (exact) mass is 247 g/mol. The van der Waals surface area contributed by atoms with Crippen molar-refractivity contribution >= 4 is 5.97 Å². The Morgan fingerprint density at radius 1 is 1.39 bits per heavy atom. The van der Waals surface area contributed by atoms with Crippen LogP contribution in [0.2, 0.25) is 0 Å². The van der Waals surface area contributed by atoms with Crippen LogP contribution < -0.4 is 0 Å². The lowest BCUT2D eigenvalue weighted by atomic mass is 9.86. The van der Waals surface area contributed by atoms with E-state index in [1.54, 1.807) is 0 Å². The van der Waals surface area contributed by atoms with E-state index in [0.29, 0.717) is 5.92 Å². The molecule has 1 aliphatic rings. The van der Waals surface area contributed by atoms with E-state index in [-0.39, 0.29) is 12.6 Å². The number of hydrogen-bond acceptors (Lipinski definition) is 2. The maximum absolute atomic E-state index is 11.0. The van der Waals surface area contributed by atoms with E-state index in [1.165, 1.54) is 17.5 Å². The number of likely N-dealkylation sites (tertiary alicyclic amines) is 1. The minimum Gasteiger partial charge on any atom is -0.480 e. The lowest BCUT2D eigenvalue weighted by molar-refractivity contribution is -0.139. The fraction of sp³-hybridized carbons (Fsp3) is 0.533. The predicted octanol–water partition coefficient (Wildman–Crippen LogP) is 2.85. The molecule has 1 heterocycles. The minimum atomic E-state index is -0.735. The highest BCUT2D eigenvalue weighted by Crippen LogP contribution is 2.35. The van der Waals surface area contributed by atoms with Crippen LogP contribution in [0.25, 0.3) is 0 Å². The van der Waals surface area contributed by atoms with E-state index in [9.17, 15) is 4.79 Å². The van der Waals surface area contributed by atoms with E-state index in [4.69, 9.17) is 5.11 Å². The number of rotatable bonds is 3. The molecule has 0 saturated carbocycles. The molecule has 1 aromatic carbocycles. The van der Waals surface area contributed by atoms with Gasteiger partial charge >= 0.3 is 5.97 Å². The zero-order chi connectivity index (χ0) is 13.1. The summed E-state index contributed by atoms with van der Waals surface area (Å²) in [5.74, 6) is -0.220. The number of carboxylic acid groups (broad SMARTS) is 1. The molecule has 0 spiro atoms. The average Bonchev–Trinajstić information content (AvgIpc) is 2.30. The third kappa shape index (κ3) is 2.91. The van der Waals surface area contributed by atoms with Crippen molar-refractivity contribution in [1.29, 1.82) is 0 Å². The molecule has 0 radical (unpaired) electrons. The number of nitrogens with zero attached hydrogens (tertiary/aromatic N) is 1. The number of benzene rings is 1.